The summed E-state index contributed by atoms with van der Waals surface area (Å²) in [5.74, 6) is -6.82. The van der Waals surface area contributed by atoms with Crippen LogP contribution in [0.25, 0.3) is 0 Å². The van der Waals surface area contributed by atoms with Crippen LogP contribution in [-0.2, 0) is 28.5 Å². The number of hydrogen-bond acceptors (Lipinski definition) is 17. The summed E-state index contributed by atoms with van der Waals surface area (Å²) in [7, 11) is 0. The number of carbonyl (C=O) groups excluding carboxylic acids is 1. The van der Waals surface area contributed by atoms with Gasteiger partial charge in [-0.3, -0.25) is 9.59 Å². The molecule has 0 amide bonds. The van der Waals surface area contributed by atoms with E-state index >= 15 is 0 Å². The molecule has 0 spiro atoms. The average molecular weight is 926 g/mol. The monoisotopic (exact) mass is 926 g/mol. The average Bonchev–Trinajstić information content (AvgIpc) is 3.21. The lowest BCUT2D eigenvalue weighted by Gasteiger charge is -2.45. The molecular formula is C47H75NO17. The minimum atomic E-state index is -2.35. The number of fused-ring (bicyclic) bond motifs is 2. The van der Waals surface area contributed by atoms with E-state index in [2.05, 4.69) is 0 Å². The number of ether oxygens (including phenoxy) is 4. The van der Waals surface area contributed by atoms with Crippen LogP contribution in [0, 0.1) is 17.8 Å². The van der Waals surface area contributed by atoms with Crippen LogP contribution >= 0.6 is 0 Å². The van der Waals surface area contributed by atoms with Crippen molar-refractivity contribution in [3.8, 4) is 0 Å². The van der Waals surface area contributed by atoms with Crippen LogP contribution in [0.5, 0.6) is 0 Å². The quantitative estimate of drug-likeness (QED) is 0.175. The molecule has 0 aromatic heterocycles. The molecule has 3 heterocycles. The van der Waals surface area contributed by atoms with Crippen LogP contribution in [0.4, 0.5) is 0 Å². The van der Waals surface area contributed by atoms with Crippen molar-refractivity contribution in [2.45, 2.75) is 189 Å². The molecule has 3 aliphatic heterocycles. The van der Waals surface area contributed by atoms with Crippen molar-refractivity contribution in [3.05, 3.63) is 72.9 Å². The molecule has 0 saturated carbocycles. The first-order valence-corrected chi connectivity index (χ1v) is 22.6. The first kappa shape index (κ1) is 56.1. The fraction of sp³-hybridized carbons (Fsp3) is 0.702. The van der Waals surface area contributed by atoms with Crippen molar-refractivity contribution in [2.75, 3.05) is 0 Å². The lowest BCUT2D eigenvalue weighted by atomic mass is 9.82. The Balaban J connectivity index is 1.84. The molecule has 3 rings (SSSR count). The standard InChI is InChI=1S/C47H75NO17/c1-27-17-15-13-11-9-7-5-6-8-10-12-14-16-18-34(64-46-44(58)41(48)43(57)30(4)63-46)24-38-40(45(59)60)37(54)26-47(61,65-38)25-36(53)35(52)20-19-31(49)21-32(50)22-33(51)23-39(55)62-29(3)28(2)42(27)56/h5-6,8,10-18,27-38,40-44,46,49-54,56-58,61H,7,9,19-26,48H2,1-4H3,(H,59,60)/b6-5+,10-8+,13-11+,14-12+,17-15+,18-16+/t27-,28-,29-,30+,31?,32?,33?,34?,35?,36?,37-,38?,40?,41-,42?,43?,44-,46-,47?/m0/s1. The Morgan fingerprint density at radius 1 is 0.692 bits per heavy atom. The van der Waals surface area contributed by atoms with Gasteiger partial charge in [-0.05, 0) is 52.4 Å². The van der Waals surface area contributed by atoms with Crippen molar-refractivity contribution >= 4 is 11.9 Å². The summed E-state index contributed by atoms with van der Waals surface area (Å²) in [5.41, 5.74) is 6.02. The highest BCUT2D eigenvalue weighted by Gasteiger charge is 2.51. The SMILES string of the molecule is C[C@@H]1OC(=O)CC(O)CC(O)CC(O)CCC(O)C(O)CC2(O)C[C@H](O)C(C(=O)O)C(CC(O[C@@H]3O[C@H](C)C(O)[C@H](N)[C@@H]3O)/C=C/C=C/C=C/C=C/CC/C=C/C=C/[C@H](C)C(O)[C@H]1C)O2. The molecule has 2 saturated heterocycles. The fourth-order valence-electron chi connectivity index (χ4n) is 8.11. The number of carbonyl (C=O) groups is 2. The molecule has 0 radical (unpaired) electrons. The van der Waals surface area contributed by atoms with E-state index in [4.69, 9.17) is 24.7 Å². The van der Waals surface area contributed by atoms with Crippen LogP contribution in [0.2, 0.25) is 0 Å². The van der Waals surface area contributed by atoms with E-state index in [0.29, 0.717) is 0 Å². The van der Waals surface area contributed by atoms with Crippen LogP contribution in [0.15, 0.2) is 72.9 Å². The van der Waals surface area contributed by atoms with Gasteiger partial charge in [-0.25, -0.2) is 0 Å². The van der Waals surface area contributed by atoms with E-state index in [1.807, 2.05) is 49.5 Å². The lowest BCUT2D eigenvalue weighted by Crippen LogP contribution is -2.61. The lowest BCUT2D eigenvalue weighted by molar-refractivity contribution is -0.310. The number of hydrogen-bond donors (Lipinski definition) is 12. The van der Waals surface area contributed by atoms with Gasteiger partial charge in [-0.1, -0.05) is 86.8 Å². The molecule has 0 aromatic rings. The van der Waals surface area contributed by atoms with Crippen molar-refractivity contribution in [2.24, 2.45) is 23.5 Å². The van der Waals surface area contributed by atoms with E-state index < -0.39 is 141 Å². The maximum Gasteiger partial charge on any atom is 0.311 e. The van der Waals surface area contributed by atoms with E-state index in [1.165, 1.54) is 13.0 Å². The van der Waals surface area contributed by atoms with Crippen LogP contribution in [-0.4, -0.2) is 166 Å². The smallest absolute Gasteiger partial charge is 0.311 e. The van der Waals surface area contributed by atoms with Gasteiger partial charge in [0.1, 0.15) is 18.1 Å². The molecule has 0 aromatic carbocycles. The number of carboxylic acid groups (broad SMARTS) is 1. The number of aliphatic hydroxyl groups is 10. The molecular weight excluding hydrogens is 851 g/mol. The highest BCUT2D eigenvalue weighted by molar-refractivity contribution is 5.71. The molecule has 19 atom stereocenters. The zero-order valence-electron chi connectivity index (χ0n) is 37.8. The summed E-state index contributed by atoms with van der Waals surface area (Å²) in [5, 5.41) is 118. The topological polar surface area (TPSA) is 320 Å². The van der Waals surface area contributed by atoms with Gasteiger partial charge in [0, 0.05) is 31.1 Å². The normalized spacial score (nSPS) is 45.2. The highest BCUT2D eigenvalue weighted by Crippen LogP contribution is 2.38. The summed E-state index contributed by atoms with van der Waals surface area (Å²) in [6.07, 6.45) is 2.28. The molecule has 2 fully saturated rings. The van der Waals surface area contributed by atoms with E-state index in [9.17, 15) is 65.8 Å². The fourth-order valence-corrected chi connectivity index (χ4v) is 8.11. The molecule has 11 unspecified atom stereocenters. The van der Waals surface area contributed by atoms with Crippen LogP contribution in [0.1, 0.15) is 91.9 Å². The van der Waals surface area contributed by atoms with Crippen molar-refractivity contribution in [1.82, 2.24) is 0 Å². The van der Waals surface area contributed by atoms with Crippen LogP contribution in [0.3, 0.4) is 0 Å². The van der Waals surface area contributed by atoms with Gasteiger partial charge in [-0.15, -0.1) is 0 Å². The second-order valence-electron chi connectivity index (χ2n) is 17.8. The highest BCUT2D eigenvalue weighted by atomic mass is 16.7. The Labute approximate surface area is 381 Å². The number of cyclic esters (lactones) is 1. The summed E-state index contributed by atoms with van der Waals surface area (Å²) >= 11 is 0. The maximum absolute atomic E-state index is 12.6. The number of carboxylic acids is 1. The van der Waals surface area contributed by atoms with Gasteiger partial charge in [0.05, 0.1) is 79.6 Å². The summed E-state index contributed by atoms with van der Waals surface area (Å²) in [6.45, 7) is 6.78. The Morgan fingerprint density at radius 2 is 1.28 bits per heavy atom. The number of nitrogens with two attached hydrogens (primary N) is 1. The van der Waals surface area contributed by atoms with Gasteiger partial charge in [-0.2, -0.15) is 0 Å². The number of rotatable bonds is 3. The molecule has 18 heteroatoms. The predicted octanol–water partition coefficient (Wildman–Crippen LogP) is 0.936. The summed E-state index contributed by atoms with van der Waals surface area (Å²) < 4.78 is 23.2. The van der Waals surface area contributed by atoms with Gasteiger partial charge in [0.15, 0.2) is 12.1 Å². The van der Waals surface area contributed by atoms with E-state index in [1.54, 1.807) is 38.2 Å². The third-order valence-electron chi connectivity index (χ3n) is 12.2. The number of aliphatic carboxylic acids is 1. The Morgan fingerprint density at radius 3 is 1.94 bits per heavy atom. The third kappa shape index (κ3) is 18.8. The second kappa shape index (κ2) is 27.6. The number of esters is 1. The minimum absolute atomic E-state index is 0.138. The van der Waals surface area contributed by atoms with Crippen LogP contribution < -0.4 is 5.73 Å². The Kier molecular flexibility index (Phi) is 23.8. The third-order valence-corrected chi connectivity index (χ3v) is 12.2. The maximum atomic E-state index is 12.6. The summed E-state index contributed by atoms with van der Waals surface area (Å²) in [4.78, 5) is 25.1. The Hall–Kier alpha value is -3.18. The van der Waals surface area contributed by atoms with Gasteiger partial charge < -0.3 is 80.9 Å². The minimum Gasteiger partial charge on any atom is -0.481 e. The van der Waals surface area contributed by atoms with Crippen molar-refractivity contribution < 1.29 is 84.7 Å². The predicted molar refractivity (Wildman–Crippen MR) is 237 cm³/mol. The van der Waals surface area contributed by atoms with E-state index in [0.717, 1.165) is 12.8 Å². The molecule has 2 bridgehead atoms. The van der Waals surface area contributed by atoms with Crippen molar-refractivity contribution in [1.29, 1.82) is 0 Å². The zero-order valence-corrected chi connectivity index (χ0v) is 37.8. The molecule has 65 heavy (non-hydrogen) atoms. The molecule has 0 aliphatic carbocycles. The van der Waals surface area contributed by atoms with Gasteiger partial charge in [0.25, 0.3) is 0 Å². The first-order valence-electron chi connectivity index (χ1n) is 22.6. The number of aliphatic hydroxyl groups excluding tert-OH is 9. The molecule has 13 N–H and O–H groups in total. The molecule has 370 valence electrons. The zero-order chi connectivity index (χ0) is 48.4. The van der Waals surface area contributed by atoms with Gasteiger partial charge in [0.2, 0.25) is 0 Å². The molecule has 3 aliphatic rings. The summed E-state index contributed by atoms with van der Waals surface area (Å²) in [6, 6.07) is -1.14. The molecule has 18 nitrogen and oxygen atoms in total. The van der Waals surface area contributed by atoms with E-state index in [-0.39, 0.29) is 38.0 Å². The largest absolute Gasteiger partial charge is 0.481 e. The van der Waals surface area contributed by atoms with Gasteiger partial charge >= 0.3 is 11.9 Å². The Bertz CT molecular complexity index is 1620. The first-order chi connectivity index (χ1) is 30.6. The van der Waals surface area contributed by atoms with Crippen molar-refractivity contribution in [3.63, 3.8) is 0 Å². The number of allylic oxidation sites excluding steroid dienone is 10. The second-order valence-corrected chi connectivity index (χ2v) is 17.8.